The highest BCUT2D eigenvalue weighted by Crippen LogP contribution is 2.13. The lowest BCUT2D eigenvalue weighted by atomic mass is 10.1. The molecular weight excluding hydrogens is 407 g/mol. The van der Waals surface area contributed by atoms with E-state index in [9.17, 15) is 4.39 Å². The number of halogens is 2. The van der Waals surface area contributed by atoms with Gasteiger partial charge in [0.2, 0.25) is 0 Å². The lowest BCUT2D eigenvalue weighted by Crippen LogP contribution is -2.10. The topological polar surface area (TPSA) is 63.6 Å². The third kappa shape index (κ3) is 5.31. The standard InChI is InChI=1S/C21H18BrFN4/c22-21-10-5-7-16(14-27-21)18(24)12-20(19-9-3-4-11-25-19)26-13-15-6-1-2-8-17(15)23/h1-12H,13-14,24H2. The number of hydrogen-bond acceptors (Lipinski definition) is 4. The molecule has 0 amide bonds. The Balaban J connectivity index is 1.93. The average Bonchev–Trinajstić information content (AvgIpc) is 2.91. The Hall–Kier alpha value is -2.86. The van der Waals surface area contributed by atoms with Crippen molar-refractivity contribution in [2.45, 2.75) is 6.54 Å². The smallest absolute Gasteiger partial charge is 0.128 e. The molecule has 1 aliphatic heterocycles. The second kappa shape index (κ2) is 9.19. The molecule has 0 atom stereocenters. The summed E-state index contributed by atoms with van der Waals surface area (Å²) in [5, 5.41) is 0. The van der Waals surface area contributed by atoms with Crippen LogP contribution < -0.4 is 5.73 Å². The van der Waals surface area contributed by atoms with Crippen LogP contribution in [-0.2, 0) is 6.54 Å². The van der Waals surface area contributed by atoms with Gasteiger partial charge >= 0.3 is 0 Å². The van der Waals surface area contributed by atoms with Gasteiger partial charge in [-0.05, 0) is 51.9 Å². The SMILES string of the molecule is NC(=CC(=NCc1ccccc1F)c1ccccn1)C1=CC=CC(Br)=NC1. The maximum absolute atomic E-state index is 13.9. The van der Waals surface area contributed by atoms with E-state index in [0.717, 1.165) is 10.2 Å². The predicted octanol–water partition coefficient (Wildman–Crippen LogP) is 4.34. The molecule has 2 N–H and O–H groups in total. The van der Waals surface area contributed by atoms with Crippen molar-refractivity contribution in [2.75, 3.05) is 6.54 Å². The monoisotopic (exact) mass is 424 g/mol. The van der Waals surface area contributed by atoms with Gasteiger partial charge in [-0.3, -0.25) is 15.0 Å². The first-order chi connectivity index (χ1) is 13.1. The van der Waals surface area contributed by atoms with E-state index in [4.69, 9.17) is 5.73 Å². The lowest BCUT2D eigenvalue weighted by Gasteiger charge is -2.07. The molecule has 2 aromatic rings. The molecular formula is C21H18BrFN4. The van der Waals surface area contributed by atoms with Gasteiger partial charge in [0.25, 0.3) is 0 Å². The largest absolute Gasteiger partial charge is 0.398 e. The van der Waals surface area contributed by atoms with Crippen molar-refractivity contribution in [3.8, 4) is 0 Å². The number of pyridine rings is 1. The van der Waals surface area contributed by atoms with Gasteiger partial charge in [-0.15, -0.1) is 0 Å². The van der Waals surface area contributed by atoms with Crippen LogP contribution in [-0.4, -0.2) is 21.9 Å². The molecule has 0 fully saturated rings. The third-order valence-corrected chi connectivity index (χ3v) is 4.41. The van der Waals surface area contributed by atoms with E-state index < -0.39 is 0 Å². The van der Waals surface area contributed by atoms with Gasteiger partial charge in [-0.25, -0.2) is 4.39 Å². The number of benzene rings is 1. The third-order valence-electron chi connectivity index (χ3n) is 3.90. The van der Waals surface area contributed by atoms with E-state index in [-0.39, 0.29) is 12.4 Å². The van der Waals surface area contributed by atoms with Crippen molar-refractivity contribution < 1.29 is 4.39 Å². The molecule has 0 saturated heterocycles. The van der Waals surface area contributed by atoms with Crippen LogP contribution in [0.1, 0.15) is 11.3 Å². The van der Waals surface area contributed by atoms with Crippen LogP contribution in [0.5, 0.6) is 0 Å². The first-order valence-corrected chi connectivity index (χ1v) is 9.17. The summed E-state index contributed by atoms with van der Waals surface area (Å²) < 4.78 is 14.7. The van der Waals surface area contributed by atoms with Crippen molar-refractivity contribution in [3.05, 3.63) is 101 Å². The molecule has 0 aliphatic carbocycles. The Morgan fingerprint density at radius 1 is 1.22 bits per heavy atom. The molecule has 0 radical (unpaired) electrons. The van der Waals surface area contributed by atoms with Crippen molar-refractivity contribution in [2.24, 2.45) is 15.7 Å². The second-order valence-electron chi connectivity index (χ2n) is 5.80. The summed E-state index contributed by atoms with van der Waals surface area (Å²) in [7, 11) is 0. The van der Waals surface area contributed by atoms with Crippen LogP contribution in [0.3, 0.4) is 0 Å². The van der Waals surface area contributed by atoms with Gasteiger partial charge in [-0.2, -0.15) is 0 Å². The molecule has 0 saturated carbocycles. The number of hydrogen-bond donors (Lipinski definition) is 1. The van der Waals surface area contributed by atoms with Crippen molar-refractivity contribution in [1.29, 1.82) is 0 Å². The number of nitrogens with zero attached hydrogens (tertiary/aromatic N) is 3. The Morgan fingerprint density at radius 2 is 2.04 bits per heavy atom. The fourth-order valence-electron chi connectivity index (χ4n) is 2.45. The first kappa shape index (κ1) is 18.9. The molecule has 0 unspecified atom stereocenters. The zero-order valence-corrected chi connectivity index (χ0v) is 16.1. The normalized spacial score (nSPS) is 15.2. The van der Waals surface area contributed by atoms with Gasteiger partial charge in [-0.1, -0.05) is 36.4 Å². The first-order valence-electron chi connectivity index (χ1n) is 8.37. The minimum absolute atomic E-state index is 0.199. The maximum Gasteiger partial charge on any atom is 0.128 e. The van der Waals surface area contributed by atoms with Crippen LogP contribution in [0.25, 0.3) is 0 Å². The van der Waals surface area contributed by atoms with E-state index in [0.29, 0.717) is 29.2 Å². The summed E-state index contributed by atoms with van der Waals surface area (Å²) in [4.78, 5) is 13.3. The summed E-state index contributed by atoms with van der Waals surface area (Å²) in [5.41, 5.74) is 9.49. The van der Waals surface area contributed by atoms with E-state index in [1.165, 1.54) is 6.07 Å². The Kier molecular flexibility index (Phi) is 6.44. The fraction of sp³-hybridized carbons (Fsp3) is 0.0952. The lowest BCUT2D eigenvalue weighted by molar-refractivity contribution is 0.611. The minimum Gasteiger partial charge on any atom is -0.398 e. The van der Waals surface area contributed by atoms with E-state index in [1.54, 1.807) is 30.5 Å². The summed E-state index contributed by atoms with van der Waals surface area (Å²) in [6.07, 6.45) is 9.10. The van der Waals surface area contributed by atoms with Crippen LogP contribution in [0, 0.1) is 5.82 Å². The summed E-state index contributed by atoms with van der Waals surface area (Å²) >= 11 is 3.36. The Morgan fingerprint density at radius 3 is 2.81 bits per heavy atom. The van der Waals surface area contributed by atoms with Crippen molar-refractivity contribution >= 4 is 26.3 Å². The fourth-order valence-corrected chi connectivity index (χ4v) is 2.73. The zero-order valence-electron chi connectivity index (χ0n) is 14.5. The Labute approximate surface area is 165 Å². The summed E-state index contributed by atoms with van der Waals surface area (Å²) in [6, 6.07) is 12.1. The molecule has 27 heavy (non-hydrogen) atoms. The van der Waals surface area contributed by atoms with Gasteiger partial charge in [0, 0.05) is 17.5 Å². The summed E-state index contributed by atoms with van der Waals surface area (Å²) in [5.74, 6) is -0.283. The molecule has 0 spiro atoms. The molecule has 3 rings (SSSR count). The maximum atomic E-state index is 13.9. The van der Waals surface area contributed by atoms with Gasteiger partial charge in [0.05, 0.1) is 24.5 Å². The molecule has 6 heteroatoms. The highest BCUT2D eigenvalue weighted by molar-refractivity contribution is 9.18. The molecule has 2 heterocycles. The van der Waals surface area contributed by atoms with Gasteiger partial charge < -0.3 is 5.73 Å². The highest BCUT2D eigenvalue weighted by atomic mass is 79.9. The van der Waals surface area contributed by atoms with Crippen LogP contribution in [0.15, 0.2) is 94.2 Å². The molecule has 0 bridgehead atoms. The quantitative estimate of drug-likeness (QED) is 0.725. The minimum atomic E-state index is -0.283. The van der Waals surface area contributed by atoms with Crippen molar-refractivity contribution in [3.63, 3.8) is 0 Å². The second-order valence-corrected chi connectivity index (χ2v) is 6.61. The number of allylic oxidation sites excluding steroid dienone is 4. The molecule has 4 nitrogen and oxygen atoms in total. The highest BCUT2D eigenvalue weighted by Gasteiger charge is 2.08. The van der Waals surface area contributed by atoms with Gasteiger partial charge in [0.15, 0.2) is 0 Å². The summed E-state index contributed by atoms with van der Waals surface area (Å²) in [6.45, 7) is 0.656. The molecule has 1 aliphatic rings. The van der Waals surface area contributed by atoms with E-state index >= 15 is 0 Å². The van der Waals surface area contributed by atoms with E-state index in [2.05, 4.69) is 30.9 Å². The van der Waals surface area contributed by atoms with Crippen LogP contribution in [0.2, 0.25) is 0 Å². The number of rotatable bonds is 5. The van der Waals surface area contributed by atoms with Crippen LogP contribution in [0.4, 0.5) is 4.39 Å². The predicted molar refractivity (Wildman–Crippen MR) is 112 cm³/mol. The number of aromatic nitrogens is 1. The van der Waals surface area contributed by atoms with Crippen LogP contribution >= 0.6 is 15.9 Å². The van der Waals surface area contributed by atoms with Gasteiger partial charge in [0.1, 0.15) is 10.4 Å². The molecule has 1 aromatic heterocycles. The molecule has 1 aromatic carbocycles. The average molecular weight is 425 g/mol. The van der Waals surface area contributed by atoms with E-state index in [1.807, 2.05) is 36.4 Å². The number of aliphatic imine (C=N–C) groups is 2. The number of nitrogens with two attached hydrogens (primary N) is 1. The molecule has 136 valence electrons. The Bertz CT molecular complexity index is 956. The van der Waals surface area contributed by atoms with Crippen molar-refractivity contribution in [1.82, 2.24) is 4.98 Å². The zero-order chi connectivity index (χ0) is 19.1.